The van der Waals surface area contributed by atoms with E-state index in [9.17, 15) is 9.90 Å². The van der Waals surface area contributed by atoms with Gasteiger partial charge in [0.15, 0.2) is 0 Å². The summed E-state index contributed by atoms with van der Waals surface area (Å²) >= 11 is 0. The molecule has 98 valence electrons. The van der Waals surface area contributed by atoms with Crippen molar-refractivity contribution in [3.05, 3.63) is 35.4 Å². The summed E-state index contributed by atoms with van der Waals surface area (Å²) in [5.74, 6) is -0.700. The zero-order valence-electron chi connectivity index (χ0n) is 11.1. The van der Waals surface area contributed by atoms with Crippen molar-refractivity contribution in [1.82, 2.24) is 4.90 Å². The maximum Gasteiger partial charge on any atom is 0.323 e. The highest BCUT2D eigenvalue weighted by atomic mass is 16.4. The average molecular weight is 247 g/mol. The fourth-order valence-corrected chi connectivity index (χ4v) is 2.59. The number of aliphatic carboxylic acids is 1. The van der Waals surface area contributed by atoms with Crippen LogP contribution in [0.25, 0.3) is 0 Å². The Hall–Kier alpha value is -1.35. The highest BCUT2D eigenvalue weighted by Crippen LogP contribution is 2.29. The topological polar surface area (TPSA) is 40.5 Å². The van der Waals surface area contributed by atoms with Gasteiger partial charge in [-0.25, -0.2) is 0 Å². The second-order valence-electron chi connectivity index (χ2n) is 5.44. The normalized spacial score (nSPS) is 25.0. The van der Waals surface area contributed by atoms with Gasteiger partial charge in [-0.05, 0) is 45.2 Å². The lowest BCUT2D eigenvalue weighted by Crippen LogP contribution is -2.54. The maximum absolute atomic E-state index is 11.5. The quantitative estimate of drug-likeness (QED) is 0.893. The van der Waals surface area contributed by atoms with Crippen LogP contribution in [-0.2, 0) is 11.3 Å². The summed E-state index contributed by atoms with van der Waals surface area (Å²) in [6.45, 7) is 5.51. The highest BCUT2D eigenvalue weighted by molar-refractivity contribution is 5.78. The smallest absolute Gasteiger partial charge is 0.323 e. The first-order valence-electron chi connectivity index (χ1n) is 6.56. The third kappa shape index (κ3) is 2.56. The van der Waals surface area contributed by atoms with E-state index in [-0.39, 0.29) is 0 Å². The van der Waals surface area contributed by atoms with Gasteiger partial charge in [0.05, 0.1) is 0 Å². The van der Waals surface area contributed by atoms with Gasteiger partial charge in [-0.2, -0.15) is 0 Å². The van der Waals surface area contributed by atoms with E-state index in [1.807, 2.05) is 6.92 Å². The minimum absolute atomic E-state index is 0.700. The summed E-state index contributed by atoms with van der Waals surface area (Å²) in [4.78, 5) is 13.6. The van der Waals surface area contributed by atoms with Crippen LogP contribution < -0.4 is 0 Å². The molecule has 3 heteroatoms. The molecule has 2 rings (SSSR count). The minimum Gasteiger partial charge on any atom is -0.480 e. The molecule has 1 N–H and O–H groups in total. The molecule has 0 unspecified atom stereocenters. The summed E-state index contributed by atoms with van der Waals surface area (Å²) in [6.07, 6.45) is 2.84. The SMILES string of the molecule is Cc1ccc(CN2CCCC[C@]2(C)C(=O)O)cc1. The second kappa shape index (κ2) is 5.11. The van der Waals surface area contributed by atoms with Gasteiger partial charge in [0.25, 0.3) is 0 Å². The zero-order valence-corrected chi connectivity index (χ0v) is 11.1. The van der Waals surface area contributed by atoms with E-state index < -0.39 is 11.5 Å². The Balaban J connectivity index is 2.15. The van der Waals surface area contributed by atoms with Crippen LogP contribution in [0, 0.1) is 6.92 Å². The van der Waals surface area contributed by atoms with Crippen LogP contribution in [0.4, 0.5) is 0 Å². The van der Waals surface area contributed by atoms with Gasteiger partial charge in [0, 0.05) is 6.54 Å². The maximum atomic E-state index is 11.5. The number of carbonyl (C=O) groups is 1. The molecule has 1 aromatic carbocycles. The first kappa shape index (κ1) is 13.1. The van der Waals surface area contributed by atoms with Gasteiger partial charge in [0.2, 0.25) is 0 Å². The van der Waals surface area contributed by atoms with Crippen molar-refractivity contribution < 1.29 is 9.90 Å². The first-order chi connectivity index (χ1) is 8.52. The molecule has 1 saturated heterocycles. The van der Waals surface area contributed by atoms with Gasteiger partial charge >= 0.3 is 5.97 Å². The van der Waals surface area contributed by atoms with Crippen molar-refractivity contribution in [2.45, 2.75) is 45.2 Å². The standard InChI is InChI=1S/C15H21NO2/c1-12-5-7-13(8-6-12)11-16-10-4-3-9-15(16,2)14(17)18/h5-8H,3-4,9-11H2,1-2H3,(H,17,18)/t15-/m1/s1. The summed E-state index contributed by atoms with van der Waals surface area (Å²) < 4.78 is 0. The Morgan fingerprint density at radius 3 is 2.61 bits per heavy atom. The van der Waals surface area contributed by atoms with E-state index in [2.05, 4.69) is 36.1 Å². The van der Waals surface area contributed by atoms with Crippen molar-refractivity contribution in [3.63, 3.8) is 0 Å². The Bertz CT molecular complexity index is 427. The van der Waals surface area contributed by atoms with Crippen LogP contribution in [0.2, 0.25) is 0 Å². The Morgan fingerprint density at radius 1 is 1.33 bits per heavy atom. The Labute approximate surface area is 108 Å². The lowest BCUT2D eigenvalue weighted by Gasteiger charge is -2.41. The number of piperidine rings is 1. The molecule has 0 radical (unpaired) electrons. The number of carboxylic acids is 1. The largest absolute Gasteiger partial charge is 0.480 e. The molecule has 1 aromatic rings. The third-order valence-electron chi connectivity index (χ3n) is 3.99. The third-order valence-corrected chi connectivity index (χ3v) is 3.99. The van der Waals surface area contributed by atoms with Crippen molar-refractivity contribution in [2.75, 3.05) is 6.54 Å². The molecule has 0 aliphatic carbocycles. The predicted octanol–water partition coefficient (Wildman–Crippen LogP) is 2.82. The molecule has 0 bridgehead atoms. The molecule has 0 spiro atoms. The van der Waals surface area contributed by atoms with E-state index in [1.165, 1.54) is 11.1 Å². The van der Waals surface area contributed by atoms with Crippen molar-refractivity contribution in [2.24, 2.45) is 0 Å². The monoisotopic (exact) mass is 247 g/mol. The van der Waals surface area contributed by atoms with E-state index in [0.717, 1.165) is 32.4 Å². The molecule has 1 fully saturated rings. The number of carboxylic acid groups (broad SMARTS) is 1. The van der Waals surface area contributed by atoms with Gasteiger partial charge in [-0.15, -0.1) is 0 Å². The van der Waals surface area contributed by atoms with Crippen LogP contribution in [-0.4, -0.2) is 28.1 Å². The van der Waals surface area contributed by atoms with Gasteiger partial charge < -0.3 is 5.11 Å². The fraction of sp³-hybridized carbons (Fsp3) is 0.533. The van der Waals surface area contributed by atoms with Crippen LogP contribution in [0.1, 0.15) is 37.3 Å². The Kier molecular flexibility index (Phi) is 3.71. The van der Waals surface area contributed by atoms with Gasteiger partial charge in [-0.3, -0.25) is 9.69 Å². The lowest BCUT2D eigenvalue weighted by molar-refractivity contribution is -0.153. The molecule has 0 aromatic heterocycles. The van der Waals surface area contributed by atoms with E-state index in [0.29, 0.717) is 0 Å². The number of benzene rings is 1. The van der Waals surface area contributed by atoms with Crippen molar-refractivity contribution in [3.8, 4) is 0 Å². The molecular formula is C15H21NO2. The molecule has 0 saturated carbocycles. The number of aryl methyl sites for hydroxylation is 1. The highest BCUT2D eigenvalue weighted by Gasteiger charge is 2.40. The molecule has 1 aliphatic heterocycles. The fourth-order valence-electron chi connectivity index (χ4n) is 2.59. The minimum atomic E-state index is -0.705. The summed E-state index contributed by atoms with van der Waals surface area (Å²) in [7, 11) is 0. The zero-order chi connectivity index (χ0) is 13.2. The summed E-state index contributed by atoms with van der Waals surface area (Å²) in [6, 6.07) is 8.34. The molecule has 1 atom stereocenters. The number of hydrogen-bond donors (Lipinski definition) is 1. The molecular weight excluding hydrogens is 226 g/mol. The average Bonchev–Trinajstić information content (AvgIpc) is 2.35. The Morgan fingerprint density at radius 2 is 2.00 bits per heavy atom. The predicted molar refractivity (Wildman–Crippen MR) is 71.5 cm³/mol. The molecule has 1 aliphatic rings. The van der Waals surface area contributed by atoms with Gasteiger partial charge in [-0.1, -0.05) is 29.8 Å². The van der Waals surface area contributed by atoms with E-state index in [4.69, 9.17) is 0 Å². The van der Waals surface area contributed by atoms with E-state index in [1.54, 1.807) is 0 Å². The van der Waals surface area contributed by atoms with Crippen LogP contribution in [0.15, 0.2) is 24.3 Å². The molecule has 18 heavy (non-hydrogen) atoms. The van der Waals surface area contributed by atoms with E-state index >= 15 is 0 Å². The van der Waals surface area contributed by atoms with Crippen molar-refractivity contribution in [1.29, 1.82) is 0 Å². The number of hydrogen-bond acceptors (Lipinski definition) is 2. The van der Waals surface area contributed by atoms with Crippen LogP contribution in [0.5, 0.6) is 0 Å². The number of likely N-dealkylation sites (tertiary alicyclic amines) is 1. The summed E-state index contributed by atoms with van der Waals surface area (Å²) in [5.41, 5.74) is 1.72. The van der Waals surface area contributed by atoms with Crippen LogP contribution in [0.3, 0.4) is 0 Å². The molecule has 1 heterocycles. The van der Waals surface area contributed by atoms with Crippen molar-refractivity contribution >= 4 is 5.97 Å². The number of rotatable bonds is 3. The van der Waals surface area contributed by atoms with Crippen LogP contribution >= 0.6 is 0 Å². The molecule has 3 nitrogen and oxygen atoms in total. The molecule has 0 amide bonds. The lowest BCUT2D eigenvalue weighted by atomic mass is 9.88. The first-order valence-corrected chi connectivity index (χ1v) is 6.56. The summed E-state index contributed by atoms with van der Waals surface area (Å²) in [5, 5.41) is 9.45. The number of nitrogens with zero attached hydrogens (tertiary/aromatic N) is 1. The van der Waals surface area contributed by atoms with Gasteiger partial charge in [0.1, 0.15) is 5.54 Å². The second-order valence-corrected chi connectivity index (χ2v) is 5.44.